The van der Waals surface area contributed by atoms with Crippen molar-refractivity contribution in [2.75, 3.05) is 6.79 Å². The van der Waals surface area contributed by atoms with E-state index in [1.165, 1.54) is 25.3 Å². The molecule has 0 spiro atoms. The minimum atomic E-state index is -0.689. The number of ether oxygens (including phenoxy) is 2. The predicted octanol–water partition coefficient (Wildman–Crippen LogP) is 2.33. The fourth-order valence-corrected chi connectivity index (χ4v) is 3.12. The summed E-state index contributed by atoms with van der Waals surface area (Å²) in [5.41, 5.74) is -0.314. The summed E-state index contributed by atoms with van der Waals surface area (Å²) in [5.74, 6) is -0.0489. The number of fused-ring (bicyclic) bond motifs is 1. The second-order valence-corrected chi connectivity index (χ2v) is 6.20. The highest BCUT2D eigenvalue weighted by atomic mass is 16.7. The first-order valence-electron chi connectivity index (χ1n) is 8.34. The molecule has 1 aromatic carbocycles. The van der Waals surface area contributed by atoms with Crippen LogP contribution in [0.3, 0.4) is 0 Å². The summed E-state index contributed by atoms with van der Waals surface area (Å²) in [6.07, 6.45) is 1.33. The van der Waals surface area contributed by atoms with Crippen molar-refractivity contribution in [2.24, 2.45) is 0 Å². The number of rotatable bonds is 4. The van der Waals surface area contributed by atoms with E-state index in [1.807, 2.05) is 6.07 Å². The molecule has 3 aromatic rings. The molecular weight excluding hydrogens is 364 g/mol. The molecule has 1 N–H and O–H groups in total. The highest BCUT2D eigenvalue weighted by Gasteiger charge is 2.26. The van der Waals surface area contributed by atoms with Crippen LogP contribution in [0.15, 0.2) is 45.8 Å². The lowest BCUT2D eigenvalue weighted by atomic mass is 10.00. The SMILES string of the molecule is Cc1c(C(=O)c2ccco2)c(O)n(Cc2ccc3c(c2)OCO3)c(=O)c1C#N. The topological polar surface area (TPSA) is 115 Å². The van der Waals surface area contributed by atoms with E-state index in [2.05, 4.69) is 0 Å². The van der Waals surface area contributed by atoms with E-state index in [-0.39, 0.29) is 35.8 Å². The second-order valence-electron chi connectivity index (χ2n) is 6.20. The average Bonchev–Trinajstić information content (AvgIpc) is 3.36. The van der Waals surface area contributed by atoms with E-state index in [0.717, 1.165) is 4.57 Å². The van der Waals surface area contributed by atoms with Gasteiger partial charge in [-0.1, -0.05) is 6.07 Å². The van der Waals surface area contributed by atoms with Gasteiger partial charge in [0.2, 0.25) is 18.5 Å². The summed E-state index contributed by atoms with van der Waals surface area (Å²) in [5, 5.41) is 20.2. The van der Waals surface area contributed by atoms with Crippen LogP contribution in [0, 0.1) is 18.3 Å². The molecule has 1 aliphatic heterocycles. The third-order valence-corrected chi connectivity index (χ3v) is 4.55. The molecule has 28 heavy (non-hydrogen) atoms. The molecular formula is C20H14N2O6. The molecule has 0 radical (unpaired) electrons. The summed E-state index contributed by atoms with van der Waals surface area (Å²) in [6, 6.07) is 9.88. The molecule has 0 saturated carbocycles. The molecule has 0 bridgehead atoms. The summed E-state index contributed by atoms with van der Waals surface area (Å²) in [7, 11) is 0. The highest BCUT2D eigenvalue weighted by molar-refractivity contribution is 6.09. The molecule has 2 aromatic heterocycles. The number of aromatic nitrogens is 1. The smallest absolute Gasteiger partial charge is 0.271 e. The summed E-state index contributed by atoms with van der Waals surface area (Å²) in [6.45, 7) is 1.49. The standard InChI is InChI=1S/C20H14N2O6/c1-11-13(8-21)19(24)22(9-12-4-5-14-16(7-12)28-10-27-14)20(25)17(11)18(23)15-3-2-6-26-15/h2-7,25H,9-10H2,1H3. The number of carbonyl (C=O) groups is 1. The van der Waals surface area contributed by atoms with E-state index in [0.29, 0.717) is 17.1 Å². The van der Waals surface area contributed by atoms with Crippen LogP contribution >= 0.6 is 0 Å². The first-order chi connectivity index (χ1) is 13.5. The summed E-state index contributed by atoms with van der Waals surface area (Å²) >= 11 is 0. The molecule has 0 unspecified atom stereocenters. The minimum Gasteiger partial charge on any atom is -0.494 e. The summed E-state index contributed by atoms with van der Waals surface area (Å²) in [4.78, 5) is 25.5. The van der Waals surface area contributed by atoms with Gasteiger partial charge in [-0.3, -0.25) is 14.2 Å². The third kappa shape index (κ3) is 2.70. The molecule has 0 atom stereocenters. The van der Waals surface area contributed by atoms with Crippen LogP contribution in [0.25, 0.3) is 0 Å². The van der Waals surface area contributed by atoms with Crippen LogP contribution in [0.4, 0.5) is 0 Å². The Bertz CT molecular complexity index is 1180. The van der Waals surface area contributed by atoms with Crippen LogP contribution in [0.1, 0.15) is 32.8 Å². The number of aromatic hydroxyl groups is 1. The van der Waals surface area contributed by atoms with E-state index in [1.54, 1.807) is 18.2 Å². The van der Waals surface area contributed by atoms with Crippen molar-refractivity contribution in [1.82, 2.24) is 4.57 Å². The fraction of sp³-hybridized carbons (Fsp3) is 0.150. The molecule has 0 saturated heterocycles. The Hall–Kier alpha value is -3.99. The van der Waals surface area contributed by atoms with Gasteiger partial charge in [-0.05, 0) is 42.3 Å². The van der Waals surface area contributed by atoms with E-state index < -0.39 is 17.2 Å². The number of pyridine rings is 1. The minimum absolute atomic E-state index is 0.00410. The Kier molecular flexibility index (Phi) is 4.12. The van der Waals surface area contributed by atoms with Gasteiger partial charge in [-0.15, -0.1) is 0 Å². The number of ketones is 1. The van der Waals surface area contributed by atoms with Crippen LogP contribution in [-0.4, -0.2) is 22.2 Å². The lowest BCUT2D eigenvalue weighted by Gasteiger charge is -2.15. The largest absolute Gasteiger partial charge is 0.494 e. The van der Waals surface area contributed by atoms with Crippen LogP contribution in [-0.2, 0) is 6.54 Å². The number of carbonyl (C=O) groups excluding carboxylic acids is 1. The maximum atomic E-state index is 12.8. The zero-order valence-electron chi connectivity index (χ0n) is 14.8. The van der Waals surface area contributed by atoms with Crippen molar-refractivity contribution in [1.29, 1.82) is 5.26 Å². The monoisotopic (exact) mass is 378 g/mol. The molecule has 140 valence electrons. The molecule has 4 rings (SSSR count). The zero-order chi connectivity index (χ0) is 19.8. The van der Waals surface area contributed by atoms with Crippen LogP contribution in [0.5, 0.6) is 17.4 Å². The Balaban J connectivity index is 1.85. The molecule has 1 aliphatic rings. The number of furan rings is 1. The van der Waals surface area contributed by atoms with Gasteiger partial charge in [-0.2, -0.15) is 5.26 Å². The quantitative estimate of drug-likeness (QED) is 0.693. The van der Waals surface area contributed by atoms with Crippen molar-refractivity contribution in [3.63, 3.8) is 0 Å². The van der Waals surface area contributed by atoms with Crippen molar-refractivity contribution >= 4 is 5.78 Å². The van der Waals surface area contributed by atoms with Gasteiger partial charge in [0.1, 0.15) is 11.6 Å². The van der Waals surface area contributed by atoms with Gasteiger partial charge in [0.15, 0.2) is 17.3 Å². The fourth-order valence-electron chi connectivity index (χ4n) is 3.12. The molecule has 8 nitrogen and oxygen atoms in total. The van der Waals surface area contributed by atoms with Gasteiger partial charge in [0.05, 0.1) is 18.4 Å². The normalized spacial score (nSPS) is 12.0. The lowest BCUT2D eigenvalue weighted by Crippen LogP contribution is -2.27. The third-order valence-electron chi connectivity index (χ3n) is 4.55. The van der Waals surface area contributed by atoms with Gasteiger partial charge in [0, 0.05) is 0 Å². The number of nitriles is 1. The van der Waals surface area contributed by atoms with E-state index in [9.17, 15) is 20.0 Å². The molecule has 3 heterocycles. The average molecular weight is 378 g/mol. The van der Waals surface area contributed by atoms with Crippen LogP contribution < -0.4 is 15.0 Å². The van der Waals surface area contributed by atoms with Gasteiger partial charge >= 0.3 is 0 Å². The van der Waals surface area contributed by atoms with Crippen molar-refractivity contribution in [2.45, 2.75) is 13.5 Å². The molecule has 8 heteroatoms. The molecule has 0 fully saturated rings. The Morgan fingerprint density at radius 3 is 2.79 bits per heavy atom. The predicted molar refractivity (Wildman–Crippen MR) is 95.6 cm³/mol. The van der Waals surface area contributed by atoms with Gasteiger partial charge < -0.3 is 19.0 Å². The van der Waals surface area contributed by atoms with Crippen LogP contribution in [0.2, 0.25) is 0 Å². The summed E-state index contributed by atoms with van der Waals surface area (Å²) < 4.78 is 16.7. The number of benzene rings is 1. The van der Waals surface area contributed by atoms with E-state index >= 15 is 0 Å². The zero-order valence-corrected chi connectivity index (χ0v) is 14.8. The van der Waals surface area contributed by atoms with Gasteiger partial charge in [0.25, 0.3) is 5.56 Å². The lowest BCUT2D eigenvalue weighted by molar-refractivity contribution is 0.100. The molecule has 0 amide bonds. The maximum absolute atomic E-state index is 12.8. The Labute approximate surface area is 158 Å². The second kappa shape index (κ2) is 6.63. The Morgan fingerprint density at radius 1 is 1.29 bits per heavy atom. The highest BCUT2D eigenvalue weighted by Crippen LogP contribution is 2.33. The van der Waals surface area contributed by atoms with Crippen molar-refractivity contribution < 1.29 is 23.8 Å². The number of nitrogens with zero attached hydrogens (tertiary/aromatic N) is 2. The number of hydrogen-bond acceptors (Lipinski definition) is 7. The van der Waals surface area contributed by atoms with Crippen molar-refractivity contribution in [3.8, 4) is 23.4 Å². The van der Waals surface area contributed by atoms with Crippen molar-refractivity contribution in [3.05, 3.63) is 75.0 Å². The first kappa shape index (κ1) is 17.4. The first-order valence-corrected chi connectivity index (χ1v) is 8.34. The molecule has 0 aliphatic carbocycles. The maximum Gasteiger partial charge on any atom is 0.271 e. The number of hydrogen-bond donors (Lipinski definition) is 1. The van der Waals surface area contributed by atoms with E-state index in [4.69, 9.17) is 13.9 Å². The van der Waals surface area contributed by atoms with Gasteiger partial charge in [-0.25, -0.2) is 0 Å². The Morgan fingerprint density at radius 2 is 2.07 bits per heavy atom.